The van der Waals surface area contributed by atoms with Crippen LogP contribution in [0.1, 0.15) is 27.7 Å². The molecule has 0 bridgehead atoms. The van der Waals surface area contributed by atoms with Crippen LogP contribution < -0.4 is 10.6 Å². The third kappa shape index (κ3) is 5.48. The second-order valence-corrected chi connectivity index (χ2v) is 8.03. The first kappa shape index (κ1) is 24.2. The molecule has 3 aromatic rings. The zero-order valence-corrected chi connectivity index (χ0v) is 19.1. The summed E-state index contributed by atoms with van der Waals surface area (Å²) < 4.78 is 20.0. The van der Waals surface area contributed by atoms with Crippen molar-refractivity contribution in [1.29, 1.82) is 0 Å². The molecule has 1 aromatic heterocycles. The van der Waals surface area contributed by atoms with Crippen LogP contribution in [0.25, 0.3) is 11.3 Å². The van der Waals surface area contributed by atoms with Crippen molar-refractivity contribution in [2.24, 2.45) is 5.92 Å². The molecule has 6 nitrogen and oxygen atoms in total. The molecule has 170 valence electrons. The van der Waals surface area contributed by atoms with Crippen molar-refractivity contribution in [3.8, 4) is 11.3 Å². The molecule has 0 unspecified atom stereocenters. The number of hydrogen-bond donors (Lipinski definition) is 3. The Hall–Kier alpha value is -2.45. The maximum Gasteiger partial charge on any atom is 0.251 e. The number of nitrogens with zero attached hydrogens (tertiary/aromatic N) is 1. The summed E-state index contributed by atoms with van der Waals surface area (Å²) in [6.45, 7) is 4.11. The maximum absolute atomic E-state index is 14.0. The van der Waals surface area contributed by atoms with Crippen LogP contribution in [0.4, 0.5) is 4.39 Å². The molecule has 4 rings (SSSR count). The fraction of sp³-hybridized carbons (Fsp3) is 0.304. The Labute approximate surface area is 197 Å². The van der Waals surface area contributed by atoms with Crippen LogP contribution in [-0.4, -0.2) is 42.3 Å². The van der Waals surface area contributed by atoms with Gasteiger partial charge in [0.1, 0.15) is 5.82 Å². The van der Waals surface area contributed by atoms with Crippen LogP contribution in [0.15, 0.2) is 48.5 Å². The van der Waals surface area contributed by atoms with Crippen molar-refractivity contribution >= 4 is 29.9 Å². The molecule has 0 aliphatic carbocycles. The van der Waals surface area contributed by atoms with E-state index in [2.05, 4.69) is 20.8 Å². The topological polar surface area (TPSA) is 79.0 Å². The van der Waals surface area contributed by atoms with Crippen LogP contribution in [0.2, 0.25) is 5.02 Å². The first-order valence-electron chi connectivity index (χ1n) is 10.2. The molecule has 2 atom stereocenters. The zero-order chi connectivity index (χ0) is 21.8. The molecule has 0 radical (unpaired) electrons. The van der Waals surface area contributed by atoms with E-state index in [9.17, 15) is 9.18 Å². The van der Waals surface area contributed by atoms with E-state index < -0.39 is 5.82 Å². The zero-order valence-electron chi connectivity index (χ0n) is 17.5. The average molecular weight is 479 g/mol. The number of aromatic nitrogens is 2. The van der Waals surface area contributed by atoms with Gasteiger partial charge in [-0.1, -0.05) is 35.9 Å². The fourth-order valence-corrected chi connectivity index (χ4v) is 3.92. The summed E-state index contributed by atoms with van der Waals surface area (Å²) in [7, 11) is 0. The van der Waals surface area contributed by atoms with E-state index in [1.807, 2.05) is 31.2 Å². The normalized spacial score (nSPS) is 18.5. The predicted molar refractivity (Wildman–Crippen MR) is 125 cm³/mol. The number of benzene rings is 2. The number of hydrogen-bond acceptors (Lipinski definition) is 4. The number of rotatable bonds is 5. The van der Waals surface area contributed by atoms with Gasteiger partial charge in [-0.15, -0.1) is 12.4 Å². The van der Waals surface area contributed by atoms with E-state index in [-0.39, 0.29) is 35.4 Å². The Morgan fingerprint density at radius 2 is 2.09 bits per heavy atom. The molecule has 9 heteroatoms. The molecule has 0 saturated carbocycles. The highest BCUT2D eigenvalue weighted by atomic mass is 35.5. The lowest BCUT2D eigenvalue weighted by molar-refractivity contribution is 0.0304. The van der Waals surface area contributed by atoms with E-state index in [1.54, 1.807) is 12.1 Å². The molecule has 1 aliphatic heterocycles. The summed E-state index contributed by atoms with van der Waals surface area (Å²) in [5.74, 6) is -0.751. The number of H-pyrrole nitrogens is 1. The minimum atomic E-state index is -0.481. The quantitative estimate of drug-likeness (QED) is 0.510. The smallest absolute Gasteiger partial charge is 0.251 e. The van der Waals surface area contributed by atoms with Crippen molar-refractivity contribution in [1.82, 2.24) is 20.8 Å². The summed E-state index contributed by atoms with van der Waals surface area (Å²) in [6.07, 6.45) is -0.355. The number of aryl methyl sites for hydroxylation is 1. The average Bonchev–Trinajstić information content (AvgIpc) is 3.07. The molecule has 1 amide bonds. The van der Waals surface area contributed by atoms with Crippen LogP contribution in [0.3, 0.4) is 0 Å². The van der Waals surface area contributed by atoms with Gasteiger partial charge in [-0.05, 0) is 36.8 Å². The van der Waals surface area contributed by atoms with Gasteiger partial charge in [0.05, 0.1) is 23.4 Å². The van der Waals surface area contributed by atoms with Crippen LogP contribution >= 0.6 is 24.0 Å². The molecule has 1 saturated heterocycles. The summed E-state index contributed by atoms with van der Waals surface area (Å²) in [5, 5.41) is 13.6. The molecular weight excluding hydrogens is 454 g/mol. The Morgan fingerprint density at radius 1 is 1.28 bits per heavy atom. The van der Waals surface area contributed by atoms with Gasteiger partial charge < -0.3 is 15.4 Å². The van der Waals surface area contributed by atoms with Gasteiger partial charge in [0.25, 0.3) is 5.91 Å². The third-order valence-electron chi connectivity index (χ3n) is 5.36. The van der Waals surface area contributed by atoms with Crippen molar-refractivity contribution in [3.63, 3.8) is 0 Å². The van der Waals surface area contributed by atoms with Gasteiger partial charge in [0, 0.05) is 42.4 Å². The van der Waals surface area contributed by atoms with Crippen LogP contribution in [0.5, 0.6) is 0 Å². The number of nitrogens with one attached hydrogen (secondary N) is 3. The minimum Gasteiger partial charge on any atom is -0.372 e. The number of ether oxygens (including phenoxy) is 1. The predicted octanol–water partition coefficient (Wildman–Crippen LogP) is 4.31. The lowest BCUT2D eigenvalue weighted by atomic mass is 9.95. The van der Waals surface area contributed by atoms with E-state index in [4.69, 9.17) is 16.3 Å². The van der Waals surface area contributed by atoms with Crippen molar-refractivity contribution in [3.05, 3.63) is 76.2 Å². The molecule has 2 aromatic carbocycles. The van der Waals surface area contributed by atoms with Crippen LogP contribution in [0, 0.1) is 18.7 Å². The number of halogens is 3. The summed E-state index contributed by atoms with van der Waals surface area (Å²) in [4.78, 5) is 13.0. The van der Waals surface area contributed by atoms with Crippen molar-refractivity contribution in [2.75, 3.05) is 26.2 Å². The molecule has 1 fully saturated rings. The number of amides is 1. The monoisotopic (exact) mass is 478 g/mol. The Morgan fingerprint density at radius 3 is 2.84 bits per heavy atom. The van der Waals surface area contributed by atoms with Gasteiger partial charge >= 0.3 is 0 Å². The van der Waals surface area contributed by atoms with E-state index in [0.717, 1.165) is 17.0 Å². The largest absolute Gasteiger partial charge is 0.372 e. The lowest BCUT2D eigenvalue weighted by Crippen LogP contribution is -2.36. The molecule has 32 heavy (non-hydrogen) atoms. The highest BCUT2D eigenvalue weighted by Crippen LogP contribution is 2.30. The number of carbonyl (C=O) groups excluding carboxylic acids is 1. The summed E-state index contributed by atoms with van der Waals surface area (Å²) >= 11 is 5.83. The van der Waals surface area contributed by atoms with Crippen LogP contribution in [-0.2, 0) is 4.74 Å². The number of carbonyl (C=O) groups is 1. The highest BCUT2D eigenvalue weighted by Gasteiger charge is 2.27. The van der Waals surface area contributed by atoms with Crippen molar-refractivity contribution < 1.29 is 13.9 Å². The SMILES string of the molecule is Cc1cc(-c2ccccc2C(=O)NC[C@@H]2CNCCO[C@H]2c2ccc(Cl)c(F)c2)n[nH]1.Cl. The number of aromatic amines is 1. The first-order valence-corrected chi connectivity index (χ1v) is 10.6. The summed E-state index contributed by atoms with van der Waals surface area (Å²) in [5.41, 5.74) is 3.65. The lowest BCUT2D eigenvalue weighted by Gasteiger charge is -2.25. The fourth-order valence-electron chi connectivity index (χ4n) is 3.81. The Kier molecular flexibility index (Phi) is 8.26. The Balaban J connectivity index is 0.00000289. The van der Waals surface area contributed by atoms with Gasteiger partial charge in [0.2, 0.25) is 0 Å². The van der Waals surface area contributed by atoms with E-state index in [0.29, 0.717) is 37.4 Å². The van der Waals surface area contributed by atoms with Gasteiger partial charge in [0.15, 0.2) is 0 Å². The van der Waals surface area contributed by atoms with E-state index >= 15 is 0 Å². The highest BCUT2D eigenvalue weighted by molar-refractivity contribution is 6.30. The van der Waals surface area contributed by atoms with E-state index in [1.165, 1.54) is 12.1 Å². The Bertz CT molecular complexity index is 1080. The minimum absolute atomic E-state index is 0. The first-order chi connectivity index (χ1) is 15.0. The summed E-state index contributed by atoms with van der Waals surface area (Å²) in [6, 6.07) is 14.0. The van der Waals surface area contributed by atoms with Crippen molar-refractivity contribution in [2.45, 2.75) is 13.0 Å². The molecule has 0 spiro atoms. The molecule has 3 N–H and O–H groups in total. The van der Waals surface area contributed by atoms with Gasteiger partial charge in [-0.3, -0.25) is 9.89 Å². The third-order valence-corrected chi connectivity index (χ3v) is 5.67. The van der Waals surface area contributed by atoms with Gasteiger partial charge in [-0.2, -0.15) is 5.10 Å². The molecular formula is C23H25Cl2FN4O2. The second-order valence-electron chi connectivity index (χ2n) is 7.62. The van der Waals surface area contributed by atoms with Gasteiger partial charge in [-0.25, -0.2) is 4.39 Å². The standard InChI is InChI=1S/C23H24ClFN4O2.ClH/c1-14-10-21(29-28-14)17-4-2-3-5-18(17)23(30)27-13-16-12-26-8-9-31-22(16)15-6-7-19(24)20(25)11-15;/h2-7,10-11,16,22,26H,8-9,12-13H2,1H3,(H,27,30)(H,28,29);1H/t16-,22-;/m0./s1. The molecule has 1 aliphatic rings. The molecule has 2 heterocycles. The second kappa shape index (κ2) is 10.9. The maximum atomic E-state index is 14.0.